The number of hydrogen-bond acceptors (Lipinski definition) is 1. The van der Waals surface area contributed by atoms with E-state index >= 15 is 0 Å². The third-order valence-electron chi connectivity index (χ3n) is 4.11. The van der Waals surface area contributed by atoms with Crippen molar-refractivity contribution in [2.45, 2.75) is 46.0 Å². The van der Waals surface area contributed by atoms with E-state index in [9.17, 15) is 0 Å². The molecule has 0 saturated heterocycles. The number of aryl methyl sites for hydroxylation is 1. The van der Waals surface area contributed by atoms with Gasteiger partial charge in [-0.3, -0.25) is 0 Å². The zero-order chi connectivity index (χ0) is 13.2. The largest absolute Gasteiger partial charge is 0.493 e. The van der Waals surface area contributed by atoms with Gasteiger partial charge in [-0.1, -0.05) is 48.3 Å². The number of benzene rings is 1. The van der Waals surface area contributed by atoms with E-state index in [0.717, 1.165) is 17.7 Å². The van der Waals surface area contributed by atoms with Crippen molar-refractivity contribution in [1.82, 2.24) is 0 Å². The lowest BCUT2D eigenvalue weighted by molar-refractivity contribution is 0.0833. The molecule has 2 rings (SSSR count). The molecule has 0 aliphatic heterocycles. The fraction of sp³-hybridized carbons (Fsp3) is 0.625. The van der Waals surface area contributed by atoms with Crippen LogP contribution in [0.15, 0.2) is 18.2 Å². The Morgan fingerprint density at radius 2 is 2.06 bits per heavy atom. The molecule has 2 heteroatoms. The van der Waals surface area contributed by atoms with Gasteiger partial charge in [0.05, 0.1) is 6.61 Å². The Hall–Kier alpha value is -0.500. The smallest absolute Gasteiger partial charge is 0.122 e. The summed E-state index contributed by atoms with van der Waals surface area (Å²) in [6.45, 7) is 7.42. The van der Waals surface area contributed by atoms with Gasteiger partial charge in [0.2, 0.25) is 0 Å². The molecule has 0 atom stereocenters. The molecule has 1 aromatic rings. The number of rotatable bonds is 5. The van der Waals surface area contributed by atoms with Crippen molar-refractivity contribution in [3.05, 3.63) is 29.3 Å². The second-order valence-corrected chi connectivity index (χ2v) is 6.52. The molecular weight excluding hydrogens is 288 g/mol. The predicted molar refractivity (Wildman–Crippen MR) is 80.8 cm³/mol. The van der Waals surface area contributed by atoms with E-state index in [4.69, 9.17) is 4.74 Å². The van der Waals surface area contributed by atoms with Gasteiger partial charge >= 0.3 is 0 Å². The van der Waals surface area contributed by atoms with Crippen LogP contribution in [0.2, 0.25) is 0 Å². The van der Waals surface area contributed by atoms with Gasteiger partial charge < -0.3 is 4.74 Å². The lowest BCUT2D eigenvalue weighted by Gasteiger charge is -2.40. The van der Waals surface area contributed by atoms with E-state index < -0.39 is 0 Å². The second-order valence-electron chi connectivity index (χ2n) is 5.96. The molecule has 1 nitrogen and oxygen atoms in total. The van der Waals surface area contributed by atoms with E-state index in [-0.39, 0.29) is 0 Å². The Balaban J connectivity index is 2.06. The molecule has 0 bridgehead atoms. The highest BCUT2D eigenvalue weighted by Crippen LogP contribution is 2.43. The van der Waals surface area contributed by atoms with E-state index in [2.05, 4.69) is 54.9 Å². The van der Waals surface area contributed by atoms with Crippen LogP contribution in [0.1, 0.15) is 50.2 Å². The highest BCUT2D eigenvalue weighted by Gasteiger charge is 2.36. The van der Waals surface area contributed by atoms with Gasteiger partial charge in [-0.25, -0.2) is 0 Å². The normalized spacial score (nSPS) is 17.6. The van der Waals surface area contributed by atoms with Crippen LogP contribution in [0.25, 0.3) is 0 Å². The topological polar surface area (TPSA) is 9.23 Å². The van der Waals surface area contributed by atoms with Crippen molar-refractivity contribution in [2.24, 2.45) is 5.41 Å². The van der Waals surface area contributed by atoms with Gasteiger partial charge in [0, 0.05) is 10.7 Å². The molecule has 1 aromatic carbocycles. The highest BCUT2D eigenvalue weighted by molar-refractivity contribution is 9.09. The summed E-state index contributed by atoms with van der Waals surface area (Å²) >= 11 is 3.63. The summed E-state index contributed by atoms with van der Waals surface area (Å²) in [5, 5.41) is 1.06. The Morgan fingerprint density at radius 3 is 2.56 bits per heavy atom. The first kappa shape index (κ1) is 13.9. The van der Waals surface area contributed by atoms with Crippen molar-refractivity contribution in [1.29, 1.82) is 0 Å². The lowest BCUT2D eigenvalue weighted by Crippen LogP contribution is -2.37. The molecular formula is C16H23BrO. The van der Waals surface area contributed by atoms with Crippen LogP contribution < -0.4 is 4.74 Å². The van der Waals surface area contributed by atoms with E-state index in [1.54, 1.807) is 0 Å². The predicted octanol–water partition coefficient (Wildman–Crippen LogP) is 5.06. The summed E-state index contributed by atoms with van der Waals surface area (Å²) < 4.78 is 6.10. The summed E-state index contributed by atoms with van der Waals surface area (Å²) in [7, 11) is 0. The van der Waals surface area contributed by atoms with E-state index in [1.165, 1.54) is 30.4 Å². The molecule has 0 N–H and O–H groups in total. The molecule has 0 aromatic heterocycles. The molecule has 0 radical (unpaired) electrons. The fourth-order valence-corrected chi connectivity index (χ4v) is 3.08. The summed E-state index contributed by atoms with van der Waals surface area (Å²) in [6, 6.07) is 6.59. The van der Waals surface area contributed by atoms with Crippen LogP contribution in [0.3, 0.4) is 0 Å². The molecule has 0 unspecified atom stereocenters. The van der Waals surface area contributed by atoms with Crippen molar-refractivity contribution < 1.29 is 4.74 Å². The van der Waals surface area contributed by atoms with Crippen LogP contribution in [0.5, 0.6) is 5.75 Å². The van der Waals surface area contributed by atoms with Gasteiger partial charge in [0.15, 0.2) is 0 Å². The molecule has 0 heterocycles. The maximum atomic E-state index is 6.10. The third-order valence-corrected chi connectivity index (χ3v) is 5.30. The monoisotopic (exact) mass is 310 g/mol. The summed E-state index contributed by atoms with van der Waals surface area (Å²) in [6.07, 6.45) is 3.93. The van der Waals surface area contributed by atoms with Gasteiger partial charge in [0.25, 0.3) is 0 Å². The summed E-state index contributed by atoms with van der Waals surface area (Å²) in [5.74, 6) is 1.62. The molecule has 18 heavy (non-hydrogen) atoms. The maximum Gasteiger partial charge on any atom is 0.122 e. The Morgan fingerprint density at radius 1 is 1.33 bits per heavy atom. The molecule has 0 spiro atoms. The quantitative estimate of drug-likeness (QED) is 0.690. The minimum absolute atomic E-state index is 0.389. The lowest BCUT2D eigenvalue weighted by atomic mass is 9.71. The first-order valence-electron chi connectivity index (χ1n) is 6.86. The Labute approximate surface area is 119 Å². The molecule has 100 valence electrons. The second kappa shape index (κ2) is 5.64. The molecule has 0 amide bonds. The Kier molecular flexibility index (Phi) is 4.37. The number of halogens is 1. The van der Waals surface area contributed by atoms with E-state index in [1.807, 2.05) is 0 Å². The molecule has 1 fully saturated rings. The van der Waals surface area contributed by atoms with Gasteiger partial charge in [-0.15, -0.1) is 0 Å². The zero-order valence-corrected chi connectivity index (χ0v) is 13.2. The average molecular weight is 311 g/mol. The minimum atomic E-state index is 0.389. The summed E-state index contributed by atoms with van der Waals surface area (Å²) in [5.41, 5.74) is 2.99. The van der Waals surface area contributed by atoms with Gasteiger partial charge in [0.1, 0.15) is 5.75 Å². The van der Waals surface area contributed by atoms with Crippen LogP contribution in [-0.4, -0.2) is 11.9 Å². The third kappa shape index (κ3) is 2.90. The van der Waals surface area contributed by atoms with Crippen LogP contribution in [0, 0.1) is 12.3 Å². The standard InChI is InChI=1S/C16H23BrO/c1-12(2)14-6-5-13(3)15(9-14)18-11-16(10-17)7-4-8-16/h5-6,9,12H,4,7-8,10-11H2,1-3H3. The van der Waals surface area contributed by atoms with Gasteiger partial charge in [-0.05, 0) is 42.9 Å². The fourth-order valence-electron chi connectivity index (χ4n) is 2.36. The molecule has 1 aliphatic rings. The number of hydrogen-bond donors (Lipinski definition) is 0. The first-order valence-corrected chi connectivity index (χ1v) is 7.98. The SMILES string of the molecule is Cc1ccc(C(C)C)cc1OCC1(CBr)CCC1. The highest BCUT2D eigenvalue weighted by atomic mass is 79.9. The molecule has 1 saturated carbocycles. The maximum absolute atomic E-state index is 6.10. The minimum Gasteiger partial charge on any atom is -0.493 e. The zero-order valence-electron chi connectivity index (χ0n) is 11.6. The molecule has 1 aliphatic carbocycles. The average Bonchev–Trinajstić information content (AvgIpc) is 2.30. The Bertz CT molecular complexity index is 402. The van der Waals surface area contributed by atoms with E-state index in [0.29, 0.717) is 11.3 Å². The summed E-state index contributed by atoms with van der Waals surface area (Å²) in [4.78, 5) is 0. The van der Waals surface area contributed by atoms with Gasteiger partial charge in [-0.2, -0.15) is 0 Å². The first-order chi connectivity index (χ1) is 8.56. The van der Waals surface area contributed by atoms with Crippen LogP contribution in [0.4, 0.5) is 0 Å². The van der Waals surface area contributed by atoms with Crippen LogP contribution >= 0.6 is 15.9 Å². The number of ether oxygens (including phenoxy) is 1. The van der Waals surface area contributed by atoms with Crippen molar-refractivity contribution in [3.8, 4) is 5.75 Å². The van der Waals surface area contributed by atoms with Crippen molar-refractivity contribution in [2.75, 3.05) is 11.9 Å². The van der Waals surface area contributed by atoms with Crippen molar-refractivity contribution in [3.63, 3.8) is 0 Å². The van der Waals surface area contributed by atoms with Crippen molar-refractivity contribution >= 4 is 15.9 Å². The number of alkyl halides is 1. The van der Waals surface area contributed by atoms with Crippen LogP contribution in [-0.2, 0) is 0 Å².